The second-order valence-electron chi connectivity index (χ2n) is 4.77. The van der Waals surface area contributed by atoms with Crippen molar-refractivity contribution in [2.75, 3.05) is 19.4 Å². The number of nitrogen functional groups attached to an aromatic ring is 1. The molecule has 0 bridgehead atoms. The normalized spacial score (nSPS) is 10.2. The van der Waals surface area contributed by atoms with E-state index in [0.717, 1.165) is 23.4 Å². The summed E-state index contributed by atoms with van der Waals surface area (Å²) >= 11 is 0. The van der Waals surface area contributed by atoms with Gasteiger partial charge in [0.25, 0.3) is 5.91 Å². The van der Waals surface area contributed by atoms with Crippen LogP contribution in [-0.2, 0) is 6.42 Å². The molecule has 0 spiro atoms. The summed E-state index contributed by atoms with van der Waals surface area (Å²) in [5.41, 5.74) is 8.61. The van der Waals surface area contributed by atoms with Crippen molar-refractivity contribution in [1.29, 1.82) is 0 Å². The number of nitrogens with two attached hydrogens (primary N) is 1. The Morgan fingerprint density at radius 2 is 2.05 bits per heavy atom. The number of pyridine rings is 1. The number of aryl methyl sites for hydroxylation is 1. The average Bonchev–Trinajstić information content (AvgIpc) is 2.47. The number of methoxy groups -OCH3 is 1. The highest BCUT2D eigenvalue weighted by Crippen LogP contribution is 2.12. The first-order valence-corrected chi connectivity index (χ1v) is 6.73. The van der Waals surface area contributed by atoms with Gasteiger partial charge in [-0.15, -0.1) is 0 Å². The third-order valence-electron chi connectivity index (χ3n) is 3.18. The number of ether oxygens (including phenoxy) is 1. The van der Waals surface area contributed by atoms with E-state index in [1.165, 1.54) is 6.20 Å². The number of nitrogens with zero attached hydrogens (tertiary/aromatic N) is 1. The SMILES string of the molecule is COc1ccc(CCNC(=O)c2cnc(C)cc2N)cc1. The van der Waals surface area contributed by atoms with Crippen LogP contribution in [0.15, 0.2) is 36.5 Å². The van der Waals surface area contributed by atoms with E-state index in [-0.39, 0.29) is 5.91 Å². The molecule has 0 unspecified atom stereocenters. The van der Waals surface area contributed by atoms with Gasteiger partial charge in [0.15, 0.2) is 0 Å². The lowest BCUT2D eigenvalue weighted by molar-refractivity contribution is 0.0954. The number of carbonyl (C=O) groups is 1. The van der Waals surface area contributed by atoms with E-state index in [0.29, 0.717) is 17.8 Å². The molecule has 1 aromatic heterocycles. The van der Waals surface area contributed by atoms with Crippen LogP contribution in [0.1, 0.15) is 21.6 Å². The molecule has 21 heavy (non-hydrogen) atoms. The van der Waals surface area contributed by atoms with Crippen molar-refractivity contribution >= 4 is 11.6 Å². The van der Waals surface area contributed by atoms with Crippen molar-refractivity contribution in [3.8, 4) is 5.75 Å². The summed E-state index contributed by atoms with van der Waals surface area (Å²) in [4.78, 5) is 16.1. The van der Waals surface area contributed by atoms with Crippen LogP contribution >= 0.6 is 0 Å². The molecule has 0 fully saturated rings. The molecule has 0 saturated carbocycles. The lowest BCUT2D eigenvalue weighted by atomic mass is 10.1. The highest BCUT2D eigenvalue weighted by atomic mass is 16.5. The van der Waals surface area contributed by atoms with Gasteiger partial charge in [0, 0.05) is 24.1 Å². The number of aromatic nitrogens is 1. The highest BCUT2D eigenvalue weighted by Gasteiger charge is 2.09. The Balaban J connectivity index is 1.88. The van der Waals surface area contributed by atoms with Crippen molar-refractivity contribution < 1.29 is 9.53 Å². The van der Waals surface area contributed by atoms with Crippen LogP contribution in [0.4, 0.5) is 5.69 Å². The first kappa shape index (κ1) is 14.8. The van der Waals surface area contributed by atoms with E-state index >= 15 is 0 Å². The van der Waals surface area contributed by atoms with E-state index in [1.54, 1.807) is 13.2 Å². The van der Waals surface area contributed by atoms with Gasteiger partial charge in [0.05, 0.1) is 12.7 Å². The van der Waals surface area contributed by atoms with Gasteiger partial charge >= 0.3 is 0 Å². The van der Waals surface area contributed by atoms with Gasteiger partial charge in [0.1, 0.15) is 5.75 Å². The average molecular weight is 285 g/mol. The van der Waals surface area contributed by atoms with Crippen molar-refractivity contribution in [1.82, 2.24) is 10.3 Å². The minimum absolute atomic E-state index is 0.200. The van der Waals surface area contributed by atoms with Crippen LogP contribution in [0.5, 0.6) is 5.75 Å². The maximum Gasteiger partial charge on any atom is 0.254 e. The topological polar surface area (TPSA) is 77.2 Å². The second kappa shape index (κ2) is 6.74. The maximum absolute atomic E-state index is 12.0. The quantitative estimate of drug-likeness (QED) is 0.880. The molecule has 110 valence electrons. The van der Waals surface area contributed by atoms with Gasteiger partial charge in [-0.25, -0.2) is 0 Å². The Morgan fingerprint density at radius 1 is 1.33 bits per heavy atom. The van der Waals surface area contributed by atoms with Crippen LogP contribution in [-0.4, -0.2) is 24.5 Å². The standard InChI is InChI=1S/C16H19N3O2/c1-11-9-15(17)14(10-19-11)16(20)18-8-7-12-3-5-13(21-2)6-4-12/h3-6,9-10H,7-8H2,1-2H3,(H2,17,19)(H,18,20). The summed E-state index contributed by atoms with van der Waals surface area (Å²) in [6, 6.07) is 9.45. The predicted molar refractivity (Wildman–Crippen MR) is 82.4 cm³/mol. The molecule has 1 amide bonds. The van der Waals surface area contributed by atoms with E-state index in [4.69, 9.17) is 10.5 Å². The van der Waals surface area contributed by atoms with Crippen LogP contribution in [0.3, 0.4) is 0 Å². The molecule has 5 heteroatoms. The molecular weight excluding hydrogens is 266 g/mol. The number of rotatable bonds is 5. The fraction of sp³-hybridized carbons (Fsp3) is 0.250. The van der Waals surface area contributed by atoms with Crippen molar-refractivity contribution in [3.05, 3.63) is 53.3 Å². The molecule has 3 N–H and O–H groups in total. The number of carbonyl (C=O) groups excluding carboxylic acids is 1. The Labute approximate surface area is 124 Å². The molecule has 0 aliphatic carbocycles. The number of nitrogens with one attached hydrogen (secondary N) is 1. The van der Waals surface area contributed by atoms with Crippen molar-refractivity contribution in [2.45, 2.75) is 13.3 Å². The first-order valence-electron chi connectivity index (χ1n) is 6.73. The number of amides is 1. The van der Waals surface area contributed by atoms with Crippen LogP contribution in [0.25, 0.3) is 0 Å². The number of hydrogen-bond donors (Lipinski definition) is 2. The van der Waals surface area contributed by atoms with Crippen LogP contribution < -0.4 is 15.8 Å². The third-order valence-corrected chi connectivity index (χ3v) is 3.18. The Bertz CT molecular complexity index is 624. The minimum atomic E-state index is -0.200. The molecule has 0 aliphatic rings. The summed E-state index contributed by atoms with van der Waals surface area (Å²) in [6.07, 6.45) is 2.25. The van der Waals surface area contributed by atoms with Gasteiger partial charge in [-0.05, 0) is 37.1 Å². The molecule has 0 radical (unpaired) electrons. The summed E-state index contributed by atoms with van der Waals surface area (Å²) in [5, 5.41) is 2.85. The fourth-order valence-corrected chi connectivity index (χ4v) is 1.98. The summed E-state index contributed by atoms with van der Waals surface area (Å²) in [5.74, 6) is 0.620. The molecule has 1 aromatic carbocycles. The first-order chi connectivity index (χ1) is 10.1. The number of hydrogen-bond acceptors (Lipinski definition) is 4. The molecule has 2 aromatic rings. The minimum Gasteiger partial charge on any atom is -0.497 e. The van der Waals surface area contributed by atoms with E-state index in [9.17, 15) is 4.79 Å². The van der Waals surface area contributed by atoms with Gasteiger partial charge in [-0.1, -0.05) is 12.1 Å². The van der Waals surface area contributed by atoms with Gasteiger partial charge in [-0.2, -0.15) is 0 Å². The molecular formula is C16H19N3O2. The van der Waals surface area contributed by atoms with Crippen LogP contribution in [0, 0.1) is 6.92 Å². The smallest absolute Gasteiger partial charge is 0.254 e. The van der Waals surface area contributed by atoms with Crippen LogP contribution in [0.2, 0.25) is 0 Å². The summed E-state index contributed by atoms with van der Waals surface area (Å²) in [7, 11) is 1.63. The van der Waals surface area contributed by atoms with Gasteiger partial charge < -0.3 is 15.8 Å². The molecule has 1 heterocycles. The lowest BCUT2D eigenvalue weighted by Crippen LogP contribution is -2.26. The Kier molecular flexibility index (Phi) is 4.77. The lowest BCUT2D eigenvalue weighted by Gasteiger charge is -2.08. The highest BCUT2D eigenvalue weighted by molar-refractivity contribution is 5.98. The zero-order valence-electron chi connectivity index (χ0n) is 12.2. The zero-order chi connectivity index (χ0) is 15.2. The predicted octanol–water partition coefficient (Wildman–Crippen LogP) is 1.95. The largest absolute Gasteiger partial charge is 0.497 e. The molecule has 2 rings (SSSR count). The maximum atomic E-state index is 12.0. The molecule has 0 atom stereocenters. The third kappa shape index (κ3) is 3.95. The van der Waals surface area contributed by atoms with Gasteiger partial charge in [0.2, 0.25) is 0 Å². The van der Waals surface area contributed by atoms with E-state index in [2.05, 4.69) is 10.3 Å². The Hall–Kier alpha value is -2.56. The number of anilines is 1. The van der Waals surface area contributed by atoms with E-state index < -0.39 is 0 Å². The van der Waals surface area contributed by atoms with Crippen molar-refractivity contribution in [3.63, 3.8) is 0 Å². The monoisotopic (exact) mass is 285 g/mol. The van der Waals surface area contributed by atoms with Gasteiger partial charge in [-0.3, -0.25) is 9.78 Å². The second-order valence-corrected chi connectivity index (χ2v) is 4.77. The summed E-state index contributed by atoms with van der Waals surface area (Å²) < 4.78 is 5.10. The molecule has 5 nitrogen and oxygen atoms in total. The Morgan fingerprint density at radius 3 is 2.67 bits per heavy atom. The molecule has 0 saturated heterocycles. The van der Waals surface area contributed by atoms with Crippen molar-refractivity contribution in [2.24, 2.45) is 0 Å². The van der Waals surface area contributed by atoms with E-state index in [1.807, 2.05) is 31.2 Å². The zero-order valence-corrected chi connectivity index (χ0v) is 12.2. The molecule has 0 aliphatic heterocycles. The fourth-order valence-electron chi connectivity index (χ4n) is 1.98. The number of benzene rings is 1. The summed E-state index contributed by atoms with van der Waals surface area (Å²) in [6.45, 7) is 2.38.